The molecule has 0 aromatic carbocycles. The average Bonchev–Trinajstić information content (AvgIpc) is 2.20. The molecule has 14 heavy (non-hydrogen) atoms. The third kappa shape index (κ3) is 2.48. The summed E-state index contributed by atoms with van der Waals surface area (Å²) >= 11 is 0. The van der Waals surface area contributed by atoms with Crippen LogP contribution in [0.2, 0.25) is 0 Å². The monoisotopic (exact) mass is 199 g/mol. The summed E-state index contributed by atoms with van der Waals surface area (Å²) in [4.78, 5) is 12.9. The number of allylic oxidation sites excluding steroid dienone is 1. The maximum atomic E-state index is 10.8. The average molecular weight is 199 g/mol. The summed E-state index contributed by atoms with van der Waals surface area (Å²) < 4.78 is 5.22. The van der Waals surface area contributed by atoms with E-state index < -0.39 is 5.97 Å². The van der Waals surface area contributed by atoms with Crippen molar-refractivity contribution in [3.8, 4) is 0 Å². The molecular formula is C10H17NO3. The fourth-order valence-corrected chi connectivity index (χ4v) is 1.68. The molecule has 1 saturated heterocycles. The maximum absolute atomic E-state index is 10.8. The van der Waals surface area contributed by atoms with E-state index in [1.165, 1.54) is 0 Å². The van der Waals surface area contributed by atoms with Gasteiger partial charge in [0.2, 0.25) is 0 Å². The smallest absolute Gasteiger partial charge is 0.333 e. The summed E-state index contributed by atoms with van der Waals surface area (Å²) in [6, 6.07) is 0. The number of hydrogen-bond donors (Lipinski definition) is 1. The highest BCUT2D eigenvalue weighted by Gasteiger charge is 2.17. The molecule has 1 aliphatic rings. The van der Waals surface area contributed by atoms with Crippen LogP contribution in [0.3, 0.4) is 0 Å². The van der Waals surface area contributed by atoms with Gasteiger partial charge in [-0.1, -0.05) is 6.92 Å². The van der Waals surface area contributed by atoms with Gasteiger partial charge >= 0.3 is 5.97 Å². The second kappa shape index (κ2) is 5.00. The van der Waals surface area contributed by atoms with Crippen LogP contribution in [-0.4, -0.2) is 42.3 Å². The number of carboxylic acids is 1. The SMILES string of the molecule is CC/C(=C(/C)C(=O)O)N1CCOCC1. The summed E-state index contributed by atoms with van der Waals surface area (Å²) in [5, 5.41) is 8.90. The summed E-state index contributed by atoms with van der Waals surface area (Å²) in [6.45, 7) is 6.63. The second-order valence-corrected chi connectivity index (χ2v) is 3.33. The molecule has 0 unspecified atom stereocenters. The van der Waals surface area contributed by atoms with E-state index >= 15 is 0 Å². The second-order valence-electron chi connectivity index (χ2n) is 3.33. The van der Waals surface area contributed by atoms with Gasteiger partial charge in [-0.2, -0.15) is 0 Å². The van der Waals surface area contributed by atoms with Gasteiger partial charge in [0.15, 0.2) is 0 Å². The topological polar surface area (TPSA) is 49.8 Å². The number of nitrogens with zero attached hydrogens (tertiary/aromatic N) is 1. The number of aliphatic carboxylic acids is 1. The van der Waals surface area contributed by atoms with Crippen molar-refractivity contribution in [1.82, 2.24) is 4.90 Å². The zero-order chi connectivity index (χ0) is 10.6. The molecule has 1 fully saturated rings. The molecule has 1 heterocycles. The lowest BCUT2D eigenvalue weighted by Gasteiger charge is -2.31. The van der Waals surface area contributed by atoms with Gasteiger partial charge in [0.25, 0.3) is 0 Å². The number of rotatable bonds is 3. The highest BCUT2D eigenvalue weighted by Crippen LogP contribution is 2.15. The van der Waals surface area contributed by atoms with Gasteiger partial charge in [0.1, 0.15) is 0 Å². The fraction of sp³-hybridized carbons (Fsp3) is 0.700. The molecule has 4 nitrogen and oxygen atoms in total. The number of carboxylic acid groups (broad SMARTS) is 1. The zero-order valence-corrected chi connectivity index (χ0v) is 8.75. The molecule has 1 N–H and O–H groups in total. The first-order chi connectivity index (χ1) is 6.66. The lowest BCUT2D eigenvalue weighted by Crippen LogP contribution is -2.36. The number of morpholine rings is 1. The lowest BCUT2D eigenvalue weighted by molar-refractivity contribution is -0.132. The largest absolute Gasteiger partial charge is 0.478 e. The molecule has 4 heteroatoms. The Morgan fingerprint density at radius 1 is 1.43 bits per heavy atom. The van der Waals surface area contributed by atoms with Crippen molar-refractivity contribution < 1.29 is 14.6 Å². The van der Waals surface area contributed by atoms with E-state index in [1.807, 2.05) is 6.92 Å². The van der Waals surface area contributed by atoms with Crippen molar-refractivity contribution in [3.63, 3.8) is 0 Å². The summed E-state index contributed by atoms with van der Waals surface area (Å²) in [7, 11) is 0. The molecule has 80 valence electrons. The van der Waals surface area contributed by atoms with E-state index in [4.69, 9.17) is 9.84 Å². The first-order valence-electron chi connectivity index (χ1n) is 4.92. The Kier molecular flexibility index (Phi) is 3.95. The molecule has 1 aliphatic heterocycles. The first-order valence-corrected chi connectivity index (χ1v) is 4.92. The predicted molar refractivity (Wildman–Crippen MR) is 53.0 cm³/mol. The van der Waals surface area contributed by atoms with Gasteiger partial charge in [-0.3, -0.25) is 0 Å². The molecule has 0 radical (unpaired) electrons. The number of hydrogen-bond acceptors (Lipinski definition) is 3. The highest BCUT2D eigenvalue weighted by atomic mass is 16.5. The summed E-state index contributed by atoms with van der Waals surface area (Å²) in [5.41, 5.74) is 1.38. The Morgan fingerprint density at radius 2 is 2.00 bits per heavy atom. The Bertz CT molecular complexity index is 242. The van der Waals surface area contributed by atoms with Crippen molar-refractivity contribution in [2.24, 2.45) is 0 Å². The van der Waals surface area contributed by atoms with Gasteiger partial charge in [0, 0.05) is 18.8 Å². The van der Waals surface area contributed by atoms with Crippen LogP contribution in [0, 0.1) is 0 Å². The maximum Gasteiger partial charge on any atom is 0.333 e. The first kappa shape index (κ1) is 11.0. The standard InChI is InChI=1S/C10H17NO3/c1-3-9(8(2)10(12)13)11-4-6-14-7-5-11/h3-7H2,1-2H3,(H,12,13)/b9-8+. The van der Waals surface area contributed by atoms with Crippen molar-refractivity contribution in [2.75, 3.05) is 26.3 Å². The normalized spacial score (nSPS) is 19.1. The Hall–Kier alpha value is -1.03. The molecule has 0 aliphatic carbocycles. The van der Waals surface area contributed by atoms with Gasteiger partial charge < -0.3 is 14.7 Å². The third-order valence-electron chi connectivity index (χ3n) is 2.48. The Labute approximate surface area is 84.2 Å². The third-order valence-corrected chi connectivity index (χ3v) is 2.48. The van der Waals surface area contributed by atoms with Gasteiger partial charge in [-0.25, -0.2) is 4.79 Å². The molecule has 0 aromatic heterocycles. The molecule has 0 amide bonds. The van der Waals surface area contributed by atoms with Crippen LogP contribution in [-0.2, 0) is 9.53 Å². The molecule has 0 spiro atoms. The van der Waals surface area contributed by atoms with E-state index in [1.54, 1.807) is 6.92 Å². The minimum atomic E-state index is -0.826. The molecule has 0 saturated carbocycles. The lowest BCUT2D eigenvalue weighted by atomic mass is 10.1. The van der Waals surface area contributed by atoms with E-state index in [9.17, 15) is 4.79 Å². The fourth-order valence-electron chi connectivity index (χ4n) is 1.68. The van der Waals surface area contributed by atoms with Crippen LogP contribution in [0.4, 0.5) is 0 Å². The number of ether oxygens (including phenoxy) is 1. The Balaban J connectivity index is 2.78. The molecular weight excluding hydrogens is 182 g/mol. The van der Waals surface area contributed by atoms with E-state index in [0.717, 1.165) is 25.2 Å². The molecule has 0 aromatic rings. The van der Waals surface area contributed by atoms with Crippen LogP contribution in [0.25, 0.3) is 0 Å². The zero-order valence-electron chi connectivity index (χ0n) is 8.75. The quantitative estimate of drug-likeness (QED) is 0.691. The summed E-state index contributed by atoms with van der Waals surface area (Å²) in [5.74, 6) is -0.826. The van der Waals surface area contributed by atoms with Gasteiger partial charge in [0.05, 0.1) is 18.8 Å². The van der Waals surface area contributed by atoms with Crippen LogP contribution in [0.1, 0.15) is 20.3 Å². The Morgan fingerprint density at radius 3 is 2.43 bits per heavy atom. The van der Waals surface area contributed by atoms with E-state index in [-0.39, 0.29) is 0 Å². The molecule has 1 rings (SSSR count). The minimum absolute atomic E-state index is 0.453. The minimum Gasteiger partial charge on any atom is -0.478 e. The van der Waals surface area contributed by atoms with Crippen LogP contribution in [0.5, 0.6) is 0 Å². The van der Waals surface area contributed by atoms with Crippen molar-refractivity contribution in [2.45, 2.75) is 20.3 Å². The van der Waals surface area contributed by atoms with Crippen LogP contribution >= 0.6 is 0 Å². The van der Waals surface area contributed by atoms with Crippen molar-refractivity contribution in [3.05, 3.63) is 11.3 Å². The van der Waals surface area contributed by atoms with Gasteiger partial charge in [-0.05, 0) is 13.3 Å². The van der Waals surface area contributed by atoms with Crippen LogP contribution in [0.15, 0.2) is 11.3 Å². The van der Waals surface area contributed by atoms with Crippen LogP contribution < -0.4 is 0 Å². The van der Waals surface area contributed by atoms with Crippen molar-refractivity contribution in [1.29, 1.82) is 0 Å². The van der Waals surface area contributed by atoms with Crippen molar-refractivity contribution >= 4 is 5.97 Å². The number of carbonyl (C=O) groups is 1. The molecule has 0 bridgehead atoms. The molecule has 0 atom stereocenters. The summed E-state index contributed by atoms with van der Waals surface area (Å²) in [6.07, 6.45) is 0.762. The predicted octanol–water partition coefficient (Wildman–Crippen LogP) is 1.09. The highest BCUT2D eigenvalue weighted by molar-refractivity contribution is 5.86. The van der Waals surface area contributed by atoms with E-state index in [2.05, 4.69) is 4.90 Å². The van der Waals surface area contributed by atoms with Gasteiger partial charge in [-0.15, -0.1) is 0 Å². The van der Waals surface area contributed by atoms with E-state index in [0.29, 0.717) is 18.8 Å².